The highest BCUT2D eigenvalue weighted by molar-refractivity contribution is 5.92. The van der Waals surface area contributed by atoms with Crippen molar-refractivity contribution in [2.24, 2.45) is 11.3 Å². The van der Waals surface area contributed by atoms with E-state index in [9.17, 15) is 9.90 Å². The van der Waals surface area contributed by atoms with Gasteiger partial charge in [0.1, 0.15) is 0 Å². The van der Waals surface area contributed by atoms with Crippen molar-refractivity contribution < 1.29 is 9.90 Å². The fourth-order valence-electron chi connectivity index (χ4n) is 2.25. The molecule has 2 atom stereocenters. The van der Waals surface area contributed by atoms with Gasteiger partial charge in [0.05, 0.1) is 6.10 Å². The standard InChI is InChI=1S/C13H20O2/c1-9-7-11(15)8-13(3,4)12(9)6-5-10(2)14/h5-7,10,12,14H,8H2,1-4H3/b6-5+/t10?,12-/m0/s1. The molecule has 0 aromatic rings. The molecule has 1 N–H and O–H groups in total. The number of aliphatic hydroxyl groups excluding tert-OH is 1. The van der Waals surface area contributed by atoms with E-state index in [2.05, 4.69) is 13.8 Å². The fraction of sp³-hybridized carbons (Fsp3) is 0.615. The lowest BCUT2D eigenvalue weighted by Crippen LogP contribution is -2.30. The van der Waals surface area contributed by atoms with E-state index < -0.39 is 6.10 Å². The van der Waals surface area contributed by atoms with Gasteiger partial charge in [-0.1, -0.05) is 31.6 Å². The van der Waals surface area contributed by atoms with E-state index in [1.54, 1.807) is 19.1 Å². The minimum Gasteiger partial charge on any atom is -0.389 e. The molecule has 2 nitrogen and oxygen atoms in total. The van der Waals surface area contributed by atoms with Gasteiger partial charge in [0.15, 0.2) is 5.78 Å². The number of rotatable bonds is 2. The SMILES string of the molecule is CC1=CC(=O)CC(C)(C)[C@H]1/C=C/C(C)O. The molecule has 1 unspecified atom stereocenters. The van der Waals surface area contributed by atoms with Gasteiger partial charge in [-0.3, -0.25) is 4.79 Å². The molecule has 0 bridgehead atoms. The number of hydrogen-bond donors (Lipinski definition) is 1. The summed E-state index contributed by atoms with van der Waals surface area (Å²) in [5, 5.41) is 9.22. The first-order chi connectivity index (χ1) is 6.83. The molecular weight excluding hydrogens is 188 g/mol. The molecule has 0 heterocycles. The molecule has 0 aromatic heterocycles. The molecule has 0 radical (unpaired) electrons. The van der Waals surface area contributed by atoms with Gasteiger partial charge in [-0.2, -0.15) is 0 Å². The highest BCUT2D eigenvalue weighted by Gasteiger charge is 2.34. The van der Waals surface area contributed by atoms with Gasteiger partial charge >= 0.3 is 0 Å². The summed E-state index contributed by atoms with van der Waals surface area (Å²) >= 11 is 0. The maximum absolute atomic E-state index is 11.4. The first kappa shape index (κ1) is 12.2. The monoisotopic (exact) mass is 208 g/mol. The van der Waals surface area contributed by atoms with E-state index in [1.165, 1.54) is 0 Å². The van der Waals surface area contributed by atoms with Crippen LogP contribution in [0.2, 0.25) is 0 Å². The molecule has 0 saturated heterocycles. The maximum Gasteiger partial charge on any atom is 0.156 e. The van der Waals surface area contributed by atoms with E-state index in [0.29, 0.717) is 6.42 Å². The summed E-state index contributed by atoms with van der Waals surface area (Å²) in [4.78, 5) is 11.4. The Morgan fingerprint density at radius 1 is 1.60 bits per heavy atom. The van der Waals surface area contributed by atoms with Crippen molar-refractivity contribution in [3.63, 3.8) is 0 Å². The van der Waals surface area contributed by atoms with Crippen molar-refractivity contribution in [3.05, 3.63) is 23.8 Å². The Bertz CT molecular complexity index is 308. The third-order valence-electron chi connectivity index (χ3n) is 2.93. The van der Waals surface area contributed by atoms with Gasteiger partial charge in [0, 0.05) is 12.3 Å². The summed E-state index contributed by atoms with van der Waals surface area (Å²) in [7, 11) is 0. The predicted molar refractivity (Wildman–Crippen MR) is 61.5 cm³/mol. The third-order valence-corrected chi connectivity index (χ3v) is 2.93. The third kappa shape index (κ3) is 3.03. The van der Waals surface area contributed by atoms with Crippen LogP contribution in [0.4, 0.5) is 0 Å². The normalized spacial score (nSPS) is 27.9. The van der Waals surface area contributed by atoms with Gasteiger partial charge in [-0.25, -0.2) is 0 Å². The zero-order valence-corrected chi connectivity index (χ0v) is 9.95. The zero-order chi connectivity index (χ0) is 11.6. The van der Waals surface area contributed by atoms with Crippen LogP contribution in [0, 0.1) is 11.3 Å². The average molecular weight is 208 g/mol. The van der Waals surface area contributed by atoms with Crippen molar-refractivity contribution in [2.75, 3.05) is 0 Å². The van der Waals surface area contributed by atoms with E-state index >= 15 is 0 Å². The van der Waals surface area contributed by atoms with Crippen LogP contribution in [0.15, 0.2) is 23.8 Å². The largest absolute Gasteiger partial charge is 0.389 e. The number of aliphatic hydroxyl groups is 1. The summed E-state index contributed by atoms with van der Waals surface area (Å²) in [5.41, 5.74) is 1.05. The summed E-state index contributed by atoms with van der Waals surface area (Å²) < 4.78 is 0. The van der Waals surface area contributed by atoms with Gasteiger partial charge < -0.3 is 5.11 Å². The molecule has 0 saturated carbocycles. The number of carbonyl (C=O) groups is 1. The fourth-order valence-corrected chi connectivity index (χ4v) is 2.25. The molecule has 1 aliphatic rings. The Labute approximate surface area is 91.7 Å². The molecule has 0 amide bonds. The zero-order valence-electron chi connectivity index (χ0n) is 9.95. The molecular formula is C13H20O2. The van der Waals surface area contributed by atoms with Crippen molar-refractivity contribution in [2.45, 2.75) is 40.2 Å². The topological polar surface area (TPSA) is 37.3 Å². The smallest absolute Gasteiger partial charge is 0.156 e. The second kappa shape index (κ2) is 4.31. The van der Waals surface area contributed by atoms with E-state index in [1.807, 2.05) is 13.0 Å². The van der Waals surface area contributed by atoms with Crippen LogP contribution in [0.25, 0.3) is 0 Å². The first-order valence-electron chi connectivity index (χ1n) is 5.40. The lowest BCUT2D eigenvalue weighted by molar-refractivity contribution is -0.117. The maximum atomic E-state index is 11.4. The van der Waals surface area contributed by atoms with Crippen LogP contribution in [0.3, 0.4) is 0 Å². The Kier molecular flexibility index (Phi) is 3.50. The predicted octanol–water partition coefficient (Wildman–Crippen LogP) is 2.48. The molecule has 0 spiro atoms. The van der Waals surface area contributed by atoms with Crippen LogP contribution in [0.1, 0.15) is 34.1 Å². The molecule has 0 fully saturated rings. The Balaban J connectivity index is 2.94. The highest BCUT2D eigenvalue weighted by Crippen LogP contribution is 2.40. The average Bonchev–Trinajstić information content (AvgIpc) is 1.98. The van der Waals surface area contributed by atoms with Crippen molar-refractivity contribution >= 4 is 5.78 Å². The molecule has 84 valence electrons. The Morgan fingerprint density at radius 3 is 2.67 bits per heavy atom. The van der Waals surface area contributed by atoms with Crippen LogP contribution in [0.5, 0.6) is 0 Å². The highest BCUT2D eigenvalue weighted by atomic mass is 16.3. The second-order valence-corrected chi connectivity index (χ2v) is 5.12. The van der Waals surface area contributed by atoms with Crippen LogP contribution in [-0.4, -0.2) is 17.0 Å². The van der Waals surface area contributed by atoms with E-state index in [4.69, 9.17) is 0 Å². The molecule has 1 rings (SSSR count). The first-order valence-corrected chi connectivity index (χ1v) is 5.40. The molecule has 0 aromatic carbocycles. The number of hydrogen-bond acceptors (Lipinski definition) is 2. The van der Waals surface area contributed by atoms with Crippen molar-refractivity contribution in [1.29, 1.82) is 0 Å². The number of ketones is 1. The summed E-state index contributed by atoms with van der Waals surface area (Å²) in [6.07, 6.45) is 5.69. The van der Waals surface area contributed by atoms with E-state index in [0.717, 1.165) is 5.57 Å². The Morgan fingerprint density at radius 2 is 2.20 bits per heavy atom. The van der Waals surface area contributed by atoms with E-state index in [-0.39, 0.29) is 17.1 Å². The summed E-state index contributed by atoms with van der Waals surface area (Å²) in [6, 6.07) is 0. The molecule has 0 aliphatic heterocycles. The van der Waals surface area contributed by atoms with Crippen LogP contribution >= 0.6 is 0 Å². The number of allylic oxidation sites excluding steroid dienone is 3. The lowest BCUT2D eigenvalue weighted by atomic mass is 9.68. The second-order valence-electron chi connectivity index (χ2n) is 5.12. The lowest BCUT2D eigenvalue weighted by Gasteiger charge is -2.35. The minimum absolute atomic E-state index is 0.0404. The summed E-state index contributed by atoms with van der Waals surface area (Å²) in [6.45, 7) is 7.91. The molecule has 15 heavy (non-hydrogen) atoms. The molecule has 1 aliphatic carbocycles. The van der Waals surface area contributed by atoms with Crippen LogP contribution in [-0.2, 0) is 4.79 Å². The quantitative estimate of drug-likeness (QED) is 0.708. The van der Waals surface area contributed by atoms with Crippen molar-refractivity contribution in [1.82, 2.24) is 0 Å². The molecule has 2 heteroatoms. The number of carbonyl (C=O) groups excluding carboxylic acids is 1. The Hall–Kier alpha value is -0.890. The van der Waals surface area contributed by atoms with Gasteiger partial charge in [0.25, 0.3) is 0 Å². The van der Waals surface area contributed by atoms with Crippen molar-refractivity contribution in [3.8, 4) is 0 Å². The van der Waals surface area contributed by atoms with Gasteiger partial charge in [-0.15, -0.1) is 0 Å². The van der Waals surface area contributed by atoms with Gasteiger partial charge in [-0.05, 0) is 25.3 Å². The van der Waals surface area contributed by atoms with Crippen LogP contribution < -0.4 is 0 Å². The minimum atomic E-state index is -0.425. The summed E-state index contributed by atoms with van der Waals surface area (Å²) in [5.74, 6) is 0.462. The van der Waals surface area contributed by atoms with Gasteiger partial charge in [0.2, 0.25) is 0 Å².